The Labute approximate surface area is 323 Å². The van der Waals surface area contributed by atoms with Gasteiger partial charge in [-0.25, -0.2) is 0 Å². The number of hydrogen-bond acceptors (Lipinski definition) is 12. The standard InChI is InChI=1S/C39H50N8O9/c1-2-19-40-35(48)18-17-34(39(52)53)44-23-22-42(25-32-12-7-15-37(50)46(32)55)28-41(24-31-11-6-14-36(49)45(31)54)20-21-43(29-44)26-33-13-8-16-38(51)47(33)56-27-30-9-4-3-5-10-30/h3-16,34,54-55H,2,17-29H2,1H3,(H,40,48)(H,52,53). The molecule has 0 radical (unpaired) electrons. The van der Waals surface area contributed by atoms with Crippen molar-refractivity contribution in [2.45, 2.75) is 58.5 Å². The number of carboxylic acid groups (broad SMARTS) is 1. The zero-order chi connectivity index (χ0) is 40.0. The third kappa shape index (κ3) is 11.6. The summed E-state index contributed by atoms with van der Waals surface area (Å²) in [6, 6.07) is 22.0. The number of pyridine rings is 3. The van der Waals surface area contributed by atoms with Crippen LogP contribution in [0, 0.1) is 0 Å². The van der Waals surface area contributed by atoms with Crippen molar-refractivity contribution in [3.8, 4) is 0 Å². The molecule has 1 fully saturated rings. The van der Waals surface area contributed by atoms with Crippen LogP contribution >= 0.6 is 0 Å². The SMILES string of the molecule is CCCNC(=O)CCC(C(=O)O)N1CCN(Cc2cccc(=O)n2O)CN(Cc2cccc(=O)n2O)CCN(Cc2cccc(=O)n2OCc2ccccc2)C1. The van der Waals surface area contributed by atoms with Gasteiger partial charge in [0.1, 0.15) is 12.6 Å². The fourth-order valence-corrected chi connectivity index (χ4v) is 6.57. The van der Waals surface area contributed by atoms with Crippen molar-refractivity contribution in [2.75, 3.05) is 46.1 Å². The first-order valence-electron chi connectivity index (χ1n) is 18.6. The fourth-order valence-electron chi connectivity index (χ4n) is 6.57. The largest absolute Gasteiger partial charge is 0.480 e. The van der Waals surface area contributed by atoms with Gasteiger partial charge in [0.25, 0.3) is 16.7 Å². The molecular formula is C39H50N8O9. The minimum Gasteiger partial charge on any atom is -0.480 e. The Morgan fingerprint density at radius 3 is 1.82 bits per heavy atom. The number of benzene rings is 1. The summed E-state index contributed by atoms with van der Waals surface area (Å²) in [5, 5.41) is 34.5. The molecule has 0 bridgehead atoms. The van der Waals surface area contributed by atoms with Gasteiger partial charge < -0.3 is 25.7 Å². The van der Waals surface area contributed by atoms with Crippen LogP contribution in [0.15, 0.2) is 99.3 Å². The Hall–Kier alpha value is -5.75. The minimum atomic E-state index is -1.10. The number of aliphatic carboxylic acids is 1. The van der Waals surface area contributed by atoms with Crippen LogP contribution in [0.2, 0.25) is 0 Å². The van der Waals surface area contributed by atoms with Crippen LogP contribution in [0.4, 0.5) is 0 Å². The number of nitrogens with zero attached hydrogens (tertiary/aromatic N) is 7. The van der Waals surface area contributed by atoms with Gasteiger partial charge in [-0.3, -0.25) is 43.6 Å². The first kappa shape index (κ1) is 41.4. The Bertz CT molecular complexity index is 2090. The number of aromatic nitrogens is 3. The number of amides is 1. The van der Waals surface area contributed by atoms with E-state index in [9.17, 15) is 39.5 Å². The third-order valence-corrected chi connectivity index (χ3v) is 9.53. The monoisotopic (exact) mass is 774 g/mol. The van der Waals surface area contributed by atoms with E-state index in [0.717, 1.165) is 12.0 Å². The number of carboxylic acids is 1. The Balaban J connectivity index is 1.49. The zero-order valence-corrected chi connectivity index (χ0v) is 31.5. The molecule has 1 saturated heterocycles. The molecule has 0 spiro atoms. The molecule has 4 heterocycles. The van der Waals surface area contributed by atoms with Crippen LogP contribution < -0.4 is 26.8 Å². The van der Waals surface area contributed by atoms with Crippen molar-refractivity contribution in [1.29, 1.82) is 0 Å². The van der Waals surface area contributed by atoms with Gasteiger partial charge in [-0.2, -0.15) is 9.46 Å². The number of rotatable bonds is 16. The van der Waals surface area contributed by atoms with Gasteiger partial charge in [-0.05, 0) is 36.6 Å². The van der Waals surface area contributed by atoms with Crippen LogP contribution in [0.5, 0.6) is 0 Å². The van der Waals surface area contributed by atoms with E-state index in [-0.39, 0.29) is 77.0 Å². The zero-order valence-electron chi connectivity index (χ0n) is 31.5. The summed E-state index contributed by atoms with van der Waals surface area (Å²) in [5.74, 6) is -1.34. The lowest BCUT2D eigenvalue weighted by molar-refractivity contribution is -0.145. The van der Waals surface area contributed by atoms with Gasteiger partial charge in [-0.15, -0.1) is 4.73 Å². The van der Waals surface area contributed by atoms with E-state index in [4.69, 9.17) is 4.84 Å². The van der Waals surface area contributed by atoms with E-state index in [0.29, 0.717) is 46.2 Å². The second-order valence-electron chi connectivity index (χ2n) is 13.7. The maximum atomic E-state index is 13.1. The maximum Gasteiger partial charge on any atom is 0.320 e. The predicted octanol–water partition coefficient (Wildman–Crippen LogP) is 1.07. The molecule has 5 rings (SSSR count). The first-order chi connectivity index (χ1) is 27.0. The van der Waals surface area contributed by atoms with E-state index in [1.54, 1.807) is 41.3 Å². The summed E-state index contributed by atoms with van der Waals surface area (Å²) in [7, 11) is 0. The Kier molecular flexibility index (Phi) is 15.0. The molecule has 56 heavy (non-hydrogen) atoms. The molecule has 1 aliphatic heterocycles. The molecule has 17 heteroatoms. The van der Waals surface area contributed by atoms with Crippen molar-refractivity contribution >= 4 is 11.9 Å². The molecule has 17 nitrogen and oxygen atoms in total. The maximum absolute atomic E-state index is 13.1. The molecule has 4 aromatic rings. The van der Waals surface area contributed by atoms with E-state index in [2.05, 4.69) is 5.32 Å². The Morgan fingerprint density at radius 2 is 1.23 bits per heavy atom. The molecule has 1 amide bonds. The smallest absolute Gasteiger partial charge is 0.320 e. The summed E-state index contributed by atoms with van der Waals surface area (Å²) in [5.41, 5.74) is 0.466. The summed E-state index contributed by atoms with van der Waals surface area (Å²) in [6.07, 6.45) is 0.778. The van der Waals surface area contributed by atoms with Gasteiger partial charge in [0.2, 0.25) is 5.91 Å². The average molecular weight is 775 g/mol. The molecule has 0 saturated carbocycles. The van der Waals surface area contributed by atoms with E-state index in [1.165, 1.54) is 22.9 Å². The lowest BCUT2D eigenvalue weighted by atomic mass is 10.1. The second kappa shape index (κ2) is 20.2. The quantitative estimate of drug-likeness (QED) is 0.118. The number of nitrogens with one attached hydrogen (secondary N) is 1. The highest BCUT2D eigenvalue weighted by Gasteiger charge is 2.30. The molecule has 1 aliphatic rings. The van der Waals surface area contributed by atoms with Crippen LogP contribution in [0.1, 0.15) is 48.8 Å². The van der Waals surface area contributed by atoms with E-state index < -0.39 is 23.1 Å². The van der Waals surface area contributed by atoms with Crippen LogP contribution in [0.25, 0.3) is 0 Å². The molecule has 300 valence electrons. The summed E-state index contributed by atoms with van der Waals surface area (Å²) < 4.78 is 2.40. The summed E-state index contributed by atoms with van der Waals surface area (Å²) >= 11 is 0. The van der Waals surface area contributed by atoms with Crippen molar-refractivity contribution in [2.24, 2.45) is 0 Å². The molecule has 1 aromatic carbocycles. The third-order valence-electron chi connectivity index (χ3n) is 9.53. The highest BCUT2D eigenvalue weighted by molar-refractivity contribution is 5.78. The van der Waals surface area contributed by atoms with Crippen LogP contribution in [0.3, 0.4) is 0 Å². The highest BCUT2D eigenvalue weighted by Crippen LogP contribution is 2.16. The summed E-state index contributed by atoms with van der Waals surface area (Å²) in [4.78, 5) is 77.1. The van der Waals surface area contributed by atoms with Crippen LogP contribution in [-0.2, 0) is 35.8 Å². The normalized spacial score (nSPS) is 15.6. The Morgan fingerprint density at radius 1 is 0.696 bits per heavy atom. The van der Waals surface area contributed by atoms with Gasteiger partial charge >= 0.3 is 5.97 Å². The number of carbonyl (C=O) groups excluding carboxylic acids is 1. The van der Waals surface area contributed by atoms with Crippen molar-refractivity contribution in [3.63, 3.8) is 0 Å². The molecule has 1 unspecified atom stereocenters. The lowest BCUT2D eigenvalue weighted by Gasteiger charge is -2.40. The minimum absolute atomic E-state index is 0.00272. The van der Waals surface area contributed by atoms with Gasteiger partial charge in [0.15, 0.2) is 0 Å². The van der Waals surface area contributed by atoms with E-state index >= 15 is 0 Å². The molecular weight excluding hydrogens is 724 g/mol. The number of carbonyl (C=O) groups is 2. The van der Waals surface area contributed by atoms with Gasteiger partial charge in [-0.1, -0.05) is 55.5 Å². The predicted molar refractivity (Wildman–Crippen MR) is 205 cm³/mol. The average Bonchev–Trinajstić information content (AvgIpc) is 3.18. The van der Waals surface area contributed by atoms with Crippen molar-refractivity contribution < 1.29 is 29.9 Å². The highest BCUT2D eigenvalue weighted by atomic mass is 16.7. The van der Waals surface area contributed by atoms with Crippen molar-refractivity contribution in [1.82, 2.24) is 39.1 Å². The number of hydrogen-bond donors (Lipinski definition) is 4. The van der Waals surface area contributed by atoms with Gasteiger partial charge in [0.05, 0.1) is 30.4 Å². The van der Waals surface area contributed by atoms with Crippen molar-refractivity contribution in [3.05, 3.63) is 139 Å². The molecule has 1 atom stereocenters. The topological polar surface area (TPSA) is 195 Å². The molecule has 3 aromatic heterocycles. The molecule has 0 aliphatic carbocycles. The first-order valence-corrected chi connectivity index (χ1v) is 18.6. The lowest BCUT2D eigenvalue weighted by Crippen LogP contribution is -2.54. The van der Waals surface area contributed by atoms with Crippen LogP contribution in [-0.4, -0.2) is 113 Å². The summed E-state index contributed by atoms with van der Waals surface area (Å²) in [6.45, 7) is 4.44. The second-order valence-corrected chi connectivity index (χ2v) is 13.7. The van der Waals surface area contributed by atoms with Gasteiger partial charge in [0, 0.05) is 77.0 Å². The fraction of sp³-hybridized carbons (Fsp3) is 0.410. The van der Waals surface area contributed by atoms with E-state index in [1.807, 2.05) is 52.0 Å². The molecule has 4 N–H and O–H groups in total.